The van der Waals surface area contributed by atoms with Crippen LogP contribution in [0.1, 0.15) is 43.9 Å². The van der Waals surface area contributed by atoms with Crippen LogP contribution in [0.3, 0.4) is 0 Å². The van der Waals surface area contributed by atoms with Gasteiger partial charge in [0.05, 0.1) is 0 Å². The Morgan fingerprint density at radius 2 is 1.90 bits per heavy atom. The van der Waals surface area contributed by atoms with Gasteiger partial charge in [0.1, 0.15) is 5.75 Å². The van der Waals surface area contributed by atoms with Crippen molar-refractivity contribution in [1.29, 1.82) is 0 Å². The zero-order valence-electron chi connectivity index (χ0n) is 12.6. The number of hydrogen-bond acceptors (Lipinski definition) is 3. The molecule has 0 bridgehead atoms. The molecule has 0 aliphatic rings. The number of aromatic nitrogens is 1. The third kappa shape index (κ3) is 3.36. The van der Waals surface area contributed by atoms with E-state index in [0.717, 1.165) is 11.3 Å². The summed E-state index contributed by atoms with van der Waals surface area (Å²) in [6.07, 6.45) is 1.76. The molecule has 1 heterocycles. The van der Waals surface area contributed by atoms with Gasteiger partial charge in [-0.15, -0.1) is 0 Å². The zero-order valence-corrected chi connectivity index (χ0v) is 12.6. The Kier molecular flexibility index (Phi) is 4.74. The fourth-order valence-electron chi connectivity index (χ4n) is 2.02. The number of nitrogens with zero attached hydrogens (tertiary/aromatic N) is 1. The first-order valence-electron chi connectivity index (χ1n) is 7.01. The Bertz CT molecular complexity index is 566. The van der Waals surface area contributed by atoms with Crippen LogP contribution in [0.15, 0.2) is 42.6 Å². The fourth-order valence-corrected chi connectivity index (χ4v) is 2.02. The van der Waals surface area contributed by atoms with Crippen LogP contribution in [0.4, 0.5) is 0 Å². The Hall–Kier alpha value is -1.87. The highest BCUT2D eigenvalue weighted by Crippen LogP contribution is 2.28. The fraction of sp³-hybridized carbons (Fsp3) is 0.353. The lowest BCUT2D eigenvalue weighted by Gasteiger charge is -2.15. The molecule has 1 atom stereocenters. The summed E-state index contributed by atoms with van der Waals surface area (Å²) in [6, 6.07) is 12.4. The van der Waals surface area contributed by atoms with Crippen molar-refractivity contribution in [2.24, 2.45) is 0 Å². The minimum atomic E-state index is 0.201. The first kappa shape index (κ1) is 14.5. The van der Waals surface area contributed by atoms with Crippen LogP contribution in [0.2, 0.25) is 0 Å². The number of benzene rings is 1. The second-order valence-corrected chi connectivity index (χ2v) is 5.24. The molecule has 20 heavy (non-hydrogen) atoms. The summed E-state index contributed by atoms with van der Waals surface area (Å²) < 4.78 is 5.97. The number of pyridine rings is 1. The molecule has 2 rings (SSSR count). The molecule has 1 N–H and O–H groups in total. The molecule has 1 unspecified atom stereocenters. The summed E-state index contributed by atoms with van der Waals surface area (Å²) >= 11 is 0. The maximum Gasteiger partial charge on any atom is 0.223 e. The molecule has 0 radical (unpaired) electrons. The van der Waals surface area contributed by atoms with Gasteiger partial charge in [-0.05, 0) is 43.7 Å². The van der Waals surface area contributed by atoms with E-state index in [1.54, 1.807) is 6.20 Å². The summed E-state index contributed by atoms with van der Waals surface area (Å²) in [6.45, 7) is 6.44. The summed E-state index contributed by atoms with van der Waals surface area (Å²) in [5, 5.41) is 3.22. The molecule has 0 aliphatic carbocycles. The smallest absolute Gasteiger partial charge is 0.223 e. The lowest BCUT2D eigenvalue weighted by atomic mass is 10.0. The quantitative estimate of drug-likeness (QED) is 0.880. The molecule has 0 fully saturated rings. The number of nitrogens with one attached hydrogen (secondary N) is 1. The van der Waals surface area contributed by atoms with Crippen LogP contribution >= 0.6 is 0 Å². The summed E-state index contributed by atoms with van der Waals surface area (Å²) in [7, 11) is 1.93. The molecule has 0 saturated carbocycles. The average Bonchev–Trinajstić information content (AvgIpc) is 2.47. The molecule has 3 heteroatoms. The molecule has 0 spiro atoms. The van der Waals surface area contributed by atoms with E-state index >= 15 is 0 Å². The second kappa shape index (κ2) is 6.53. The van der Waals surface area contributed by atoms with Crippen molar-refractivity contribution in [3.63, 3.8) is 0 Å². The van der Waals surface area contributed by atoms with E-state index in [-0.39, 0.29) is 6.04 Å². The highest BCUT2D eigenvalue weighted by molar-refractivity contribution is 5.36. The number of rotatable bonds is 5. The van der Waals surface area contributed by atoms with E-state index < -0.39 is 0 Å². The SMILES string of the molecule is CNC(C)c1cccnc1Oc1cccc(C(C)C)c1. The Morgan fingerprint density at radius 1 is 1.10 bits per heavy atom. The topological polar surface area (TPSA) is 34.2 Å². The Balaban J connectivity index is 2.28. The van der Waals surface area contributed by atoms with Gasteiger partial charge < -0.3 is 10.1 Å². The average molecular weight is 270 g/mol. The molecule has 1 aromatic heterocycles. The molecular weight excluding hydrogens is 248 g/mol. The van der Waals surface area contributed by atoms with Gasteiger partial charge in [-0.2, -0.15) is 0 Å². The Morgan fingerprint density at radius 3 is 2.60 bits per heavy atom. The van der Waals surface area contributed by atoms with Gasteiger partial charge in [0, 0.05) is 17.8 Å². The van der Waals surface area contributed by atoms with Crippen LogP contribution < -0.4 is 10.1 Å². The van der Waals surface area contributed by atoms with Crippen LogP contribution in [-0.4, -0.2) is 12.0 Å². The molecule has 0 amide bonds. The van der Waals surface area contributed by atoms with Crippen molar-refractivity contribution in [3.05, 3.63) is 53.7 Å². The molecule has 3 nitrogen and oxygen atoms in total. The van der Waals surface area contributed by atoms with E-state index in [9.17, 15) is 0 Å². The predicted molar refractivity (Wildman–Crippen MR) is 82.3 cm³/mol. The monoisotopic (exact) mass is 270 g/mol. The summed E-state index contributed by atoms with van der Waals surface area (Å²) in [5.74, 6) is 1.98. The van der Waals surface area contributed by atoms with E-state index in [1.807, 2.05) is 31.3 Å². The zero-order chi connectivity index (χ0) is 14.5. The molecule has 1 aromatic carbocycles. The maximum atomic E-state index is 5.97. The minimum Gasteiger partial charge on any atom is -0.439 e. The van der Waals surface area contributed by atoms with E-state index in [1.165, 1.54) is 5.56 Å². The van der Waals surface area contributed by atoms with Crippen molar-refractivity contribution >= 4 is 0 Å². The van der Waals surface area contributed by atoms with Gasteiger partial charge >= 0.3 is 0 Å². The molecule has 106 valence electrons. The maximum absolute atomic E-state index is 5.97. The molecule has 0 saturated heterocycles. The second-order valence-electron chi connectivity index (χ2n) is 5.24. The van der Waals surface area contributed by atoms with E-state index in [2.05, 4.69) is 43.2 Å². The van der Waals surface area contributed by atoms with Crippen molar-refractivity contribution < 1.29 is 4.74 Å². The lowest BCUT2D eigenvalue weighted by Crippen LogP contribution is -2.13. The van der Waals surface area contributed by atoms with E-state index in [0.29, 0.717) is 11.8 Å². The molecular formula is C17H22N2O. The molecule has 0 aliphatic heterocycles. The third-order valence-electron chi connectivity index (χ3n) is 3.44. The van der Waals surface area contributed by atoms with Crippen LogP contribution in [0, 0.1) is 0 Å². The van der Waals surface area contributed by atoms with Crippen molar-refractivity contribution in [2.45, 2.75) is 32.7 Å². The number of hydrogen-bond donors (Lipinski definition) is 1. The van der Waals surface area contributed by atoms with Gasteiger partial charge in [-0.25, -0.2) is 4.98 Å². The van der Waals surface area contributed by atoms with Gasteiger partial charge in [-0.3, -0.25) is 0 Å². The first-order valence-corrected chi connectivity index (χ1v) is 7.01. The normalized spacial score (nSPS) is 12.4. The largest absolute Gasteiger partial charge is 0.439 e. The summed E-state index contributed by atoms with van der Waals surface area (Å²) in [5.41, 5.74) is 2.33. The number of ether oxygens (including phenoxy) is 1. The predicted octanol–water partition coefficient (Wildman–Crippen LogP) is 4.28. The minimum absolute atomic E-state index is 0.201. The van der Waals surface area contributed by atoms with Gasteiger partial charge in [0.2, 0.25) is 5.88 Å². The van der Waals surface area contributed by atoms with Crippen molar-refractivity contribution in [2.75, 3.05) is 7.05 Å². The van der Waals surface area contributed by atoms with Gasteiger partial charge in [0.15, 0.2) is 0 Å². The van der Waals surface area contributed by atoms with Crippen LogP contribution in [0.25, 0.3) is 0 Å². The first-order chi connectivity index (χ1) is 9.61. The summed E-state index contributed by atoms with van der Waals surface area (Å²) in [4.78, 5) is 4.36. The van der Waals surface area contributed by atoms with E-state index in [4.69, 9.17) is 4.74 Å². The van der Waals surface area contributed by atoms with Crippen LogP contribution in [-0.2, 0) is 0 Å². The van der Waals surface area contributed by atoms with Gasteiger partial charge in [0.25, 0.3) is 0 Å². The lowest BCUT2D eigenvalue weighted by molar-refractivity contribution is 0.446. The third-order valence-corrected chi connectivity index (χ3v) is 3.44. The highest BCUT2D eigenvalue weighted by atomic mass is 16.5. The Labute approximate surface area is 121 Å². The highest BCUT2D eigenvalue weighted by Gasteiger charge is 2.12. The van der Waals surface area contributed by atoms with Crippen molar-refractivity contribution in [3.8, 4) is 11.6 Å². The van der Waals surface area contributed by atoms with Gasteiger partial charge in [-0.1, -0.05) is 32.0 Å². The van der Waals surface area contributed by atoms with Crippen LogP contribution in [0.5, 0.6) is 11.6 Å². The molecule has 2 aromatic rings. The standard InChI is InChI=1S/C17H22N2O/c1-12(2)14-7-5-8-15(11-14)20-17-16(13(3)18-4)9-6-10-19-17/h5-13,18H,1-4H3. The van der Waals surface area contributed by atoms with Crippen molar-refractivity contribution in [1.82, 2.24) is 10.3 Å².